The topological polar surface area (TPSA) is 55.2 Å². The summed E-state index contributed by atoms with van der Waals surface area (Å²) in [5.74, 6) is -0.0239. The fourth-order valence-electron chi connectivity index (χ4n) is 4.21. The molecule has 1 aliphatic rings. The first-order valence-electron chi connectivity index (χ1n) is 10.8. The predicted molar refractivity (Wildman–Crippen MR) is 120 cm³/mol. The number of piperidine rings is 1. The van der Waals surface area contributed by atoms with Gasteiger partial charge < -0.3 is 18.8 Å². The Morgan fingerprint density at radius 1 is 1.06 bits per heavy atom. The lowest BCUT2D eigenvalue weighted by Gasteiger charge is -2.38. The Hall–Kier alpha value is -3.39. The molecule has 6 nitrogen and oxygen atoms in total. The number of rotatable bonds is 7. The zero-order valence-corrected chi connectivity index (χ0v) is 18.6. The van der Waals surface area contributed by atoms with Gasteiger partial charge in [0.25, 0.3) is 5.91 Å². The number of carbonyl (C=O) groups excluding carboxylic acids is 1. The lowest BCUT2D eigenvalue weighted by Crippen LogP contribution is -2.47. The van der Waals surface area contributed by atoms with Crippen LogP contribution in [0.3, 0.4) is 0 Å². The monoisotopic (exact) mass is 456 g/mol. The maximum Gasteiger partial charge on any atom is 0.294 e. The molecule has 8 heteroatoms. The van der Waals surface area contributed by atoms with Crippen molar-refractivity contribution in [2.75, 3.05) is 32.2 Å². The lowest BCUT2D eigenvalue weighted by atomic mass is 10.0. The smallest absolute Gasteiger partial charge is 0.294 e. The molecule has 3 aromatic rings. The number of likely N-dealkylation sites (tertiary alicyclic amines) is 1. The van der Waals surface area contributed by atoms with Gasteiger partial charge in [-0.25, -0.2) is 8.78 Å². The molecule has 174 valence electrons. The number of ether oxygens (including phenoxy) is 2. The lowest BCUT2D eigenvalue weighted by molar-refractivity contribution is 0.0931. The third kappa shape index (κ3) is 5.01. The van der Waals surface area contributed by atoms with Gasteiger partial charge in [-0.2, -0.15) is 0 Å². The Labute approximate surface area is 191 Å². The van der Waals surface area contributed by atoms with Gasteiger partial charge in [0, 0.05) is 49.1 Å². The second-order valence-electron chi connectivity index (χ2n) is 7.93. The highest BCUT2D eigenvalue weighted by atomic mass is 19.1. The third-order valence-corrected chi connectivity index (χ3v) is 5.93. The highest BCUT2D eigenvalue weighted by molar-refractivity contribution is 6.04. The van der Waals surface area contributed by atoms with Crippen LogP contribution >= 0.6 is 0 Å². The molecule has 0 unspecified atom stereocenters. The van der Waals surface area contributed by atoms with Crippen LogP contribution in [0.5, 0.6) is 11.5 Å². The molecule has 2 heterocycles. The quantitative estimate of drug-likeness (QED) is 0.507. The largest absolute Gasteiger partial charge is 0.493 e. The minimum Gasteiger partial charge on any atom is -0.493 e. The first-order valence-corrected chi connectivity index (χ1v) is 10.8. The van der Waals surface area contributed by atoms with Crippen LogP contribution in [0.15, 0.2) is 59.2 Å². The summed E-state index contributed by atoms with van der Waals surface area (Å²) in [5, 5.41) is 0. The van der Waals surface area contributed by atoms with E-state index in [1.165, 1.54) is 18.4 Å². The average Bonchev–Trinajstić information content (AvgIpc) is 3.37. The summed E-state index contributed by atoms with van der Waals surface area (Å²) in [5.41, 5.74) is 1.13. The van der Waals surface area contributed by atoms with Crippen LogP contribution in [0, 0.1) is 11.6 Å². The number of anilines is 1. The fourth-order valence-corrected chi connectivity index (χ4v) is 4.21. The van der Waals surface area contributed by atoms with Gasteiger partial charge in [-0.15, -0.1) is 0 Å². The van der Waals surface area contributed by atoms with E-state index >= 15 is 0 Å². The molecule has 0 bridgehead atoms. The Balaban J connectivity index is 1.54. The van der Waals surface area contributed by atoms with Gasteiger partial charge in [0.15, 0.2) is 17.3 Å². The van der Waals surface area contributed by atoms with E-state index in [0.717, 1.165) is 6.07 Å². The van der Waals surface area contributed by atoms with Gasteiger partial charge >= 0.3 is 0 Å². The molecule has 0 aliphatic carbocycles. The molecule has 0 radical (unpaired) electrons. The zero-order valence-electron chi connectivity index (χ0n) is 18.6. The van der Waals surface area contributed by atoms with Gasteiger partial charge in [-0.3, -0.25) is 9.69 Å². The van der Waals surface area contributed by atoms with E-state index < -0.39 is 11.6 Å². The van der Waals surface area contributed by atoms with Crippen molar-refractivity contribution in [1.82, 2.24) is 4.90 Å². The maximum atomic E-state index is 14.1. The number of halogens is 2. The molecule has 1 fully saturated rings. The SMILES string of the molecule is COc1ccc(N(C(=O)c2ccco2)C2CCN(Cc3ccc(F)cc3F)CC2)cc1OC. The number of benzene rings is 2. The first-order chi connectivity index (χ1) is 16.0. The van der Waals surface area contributed by atoms with Gasteiger partial charge in [0.1, 0.15) is 11.6 Å². The number of methoxy groups -OCH3 is 2. The molecule has 1 aliphatic heterocycles. The number of hydrogen-bond acceptors (Lipinski definition) is 5. The zero-order chi connectivity index (χ0) is 23.4. The van der Waals surface area contributed by atoms with Gasteiger partial charge in [0.05, 0.1) is 20.5 Å². The Morgan fingerprint density at radius 2 is 1.82 bits per heavy atom. The normalized spacial score (nSPS) is 14.8. The van der Waals surface area contributed by atoms with E-state index in [0.29, 0.717) is 55.2 Å². The summed E-state index contributed by atoms with van der Waals surface area (Å²) >= 11 is 0. The summed E-state index contributed by atoms with van der Waals surface area (Å²) in [6.07, 6.45) is 2.84. The summed E-state index contributed by atoms with van der Waals surface area (Å²) in [7, 11) is 3.11. The van der Waals surface area contributed by atoms with E-state index in [-0.39, 0.29) is 17.7 Å². The van der Waals surface area contributed by atoms with Crippen molar-refractivity contribution in [1.29, 1.82) is 0 Å². The van der Waals surface area contributed by atoms with E-state index in [1.807, 2.05) is 6.07 Å². The minimum atomic E-state index is -0.586. The molecule has 1 saturated heterocycles. The van der Waals surface area contributed by atoms with Crippen LogP contribution < -0.4 is 14.4 Å². The standard InChI is InChI=1S/C25H26F2N2O4/c1-31-22-8-7-20(15-24(22)32-2)29(25(30)23-4-3-13-33-23)19-9-11-28(12-10-19)16-17-5-6-18(26)14-21(17)27/h3-8,13-15,19H,9-12,16H2,1-2H3. The first kappa shape index (κ1) is 22.8. The minimum absolute atomic E-state index is 0.0879. The molecule has 33 heavy (non-hydrogen) atoms. The predicted octanol–water partition coefficient (Wildman–Crippen LogP) is 4.89. The van der Waals surface area contributed by atoms with E-state index in [1.54, 1.807) is 43.4 Å². The van der Waals surface area contributed by atoms with Crippen molar-refractivity contribution >= 4 is 11.6 Å². The molecule has 1 amide bonds. The molecule has 0 spiro atoms. The van der Waals surface area contributed by atoms with E-state index in [2.05, 4.69) is 4.90 Å². The Kier molecular flexibility index (Phi) is 6.93. The van der Waals surface area contributed by atoms with Crippen molar-refractivity contribution in [3.8, 4) is 11.5 Å². The van der Waals surface area contributed by atoms with Crippen molar-refractivity contribution in [2.45, 2.75) is 25.4 Å². The van der Waals surface area contributed by atoms with Crippen LogP contribution in [0.2, 0.25) is 0 Å². The number of hydrogen-bond donors (Lipinski definition) is 0. The number of amides is 1. The van der Waals surface area contributed by atoms with Gasteiger partial charge in [-0.05, 0) is 43.2 Å². The highest BCUT2D eigenvalue weighted by Gasteiger charge is 2.32. The molecule has 2 aromatic carbocycles. The summed E-state index contributed by atoms with van der Waals surface area (Å²) < 4.78 is 43.4. The van der Waals surface area contributed by atoms with Crippen molar-refractivity contribution in [3.63, 3.8) is 0 Å². The van der Waals surface area contributed by atoms with Crippen molar-refractivity contribution in [3.05, 3.63) is 77.8 Å². The highest BCUT2D eigenvalue weighted by Crippen LogP contribution is 2.34. The maximum absolute atomic E-state index is 14.1. The van der Waals surface area contributed by atoms with Crippen LogP contribution in [-0.2, 0) is 6.54 Å². The molecular weight excluding hydrogens is 430 g/mol. The summed E-state index contributed by atoms with van der Waals surface area (Å²) in [6.45, 7) is 1.72. The summed E-state index contributed by atoms with van der Waals surface area (Å²) in [4.78, 5) is 17.2. The molecule has 0 saturated carbocycles. The van der Waals surface area contributed by atoms with Gasteiger partial charge in [0.2, 0.25) is 0 Å². The number of furan rings is 1. The van der Waals surface area contributed by atoms with Crippen LogP contribution in [0.25, 0.3) is 0 Å². The average molecular weight is 456 g/mol. The van der Waals surface area contributed by atoms with Crippen molar-refractivity contribution < 1.29 is 27.5 Å². The second-order valence-corrected chi connectivity index (χ2v) is 7.93. The van der Waals surface area contributed by atoms with Crippen LogP contribution in [0.1, 0.15) is 29.0 Å². The number of nitrogens with zero attached hydrogens (tertiary/aromatic N) is 2. The van der Waals surface area contributed by atoms with Crippen LogP contribution in [-0.4, -0.2) is 44.2 Å². The van der Waals surface area contributed by atoms with Crippen molar-refractivity contribution in [2.24, 2.45) is 0 Å². The second kappa shape index (κ2) is 10.0. The molecular formula is C25H26F2N2O4. The van der Waals surface area contributed by atoms with Crippen LogP contribution in [0.4, 0.5) is 14.5 Å². The fraction of sp³-hybridized carbons (Fsp3) is 0.320. The Morgan fingerprint density at radius 3 is 2.45 bits per heavy atom. The van der Waals surface area contributed by atoms with E-state index in [4.69, 9.17) is 13.9 Å². The van der Waals surface area contributed by atoms with E-state index in [9.17, 15) is 13.6 Å². The summed E-state index contributed by atoms with van der Waals surface area (Å²) in [6, 6.07) is 12.3. The van der Waals surface area contributed by atoms with Gasteiger partial charge in [-0.1, -0.05) is 6.07 Å². The molecule has 4 rings (SSSR count). The molecule has 0 N–H and O–H groups in total. The molecule has 1 aromatic heterocycles. The number of carbonyl (C=O) groups is 1. The molecule has 0 atom stereocenters. The Bertz CT molecular complexity index is 1100. The third-order valence-electron chi connectivity index (χ3n) is 5.93.